The number of aliphatic hydroxyl groups is 1. The molecule has 1 saturated heterocycles. The summed E-state index contributed by atoms with van der Waals surface area (Å²) in [6, 6.07) is 9.96. The van der Waals surface area contributed by atoms with Crippen LogP contribution in [0.3, 0.4) is 0 Å². The van der Waals surface area contributed by atoms with Crippen LogP contribution in [0.2, 0.25) is 0 Å². The molecule has 4 rings (SSSR count). The minimum Gasteiger partial charge on any atom is -0.493 e. The Labute approximate surface area is 188 Å². The highest BCUT2D eigenvalue weighted by atomic mass is 16.5. The van der Waals surface area contributed by atoms with Crippen LogP contribution in [0.25, 0.3) is 17.5 Å². The molecule has 1 aliphatic heterocycles. The Morgan fingerprint density at radius 2 is 2.25 bits per heavy atom. The molecule has 3 N–H and O–H groups in total. The molecule has 8 heteroatoms. The number of allylic oxidation sites excluding steroid dienone is 1. The number of anilines is 2. The topological polar surface area (TPSA) is 99.2 Å². The number of imidazole rings is 1. The van der Waals surface area contributed by atoms with Gasteiger partial charge >= 0.3 is 0 Å². The molecule has 3 aromatic rings. The quantitative estimate of drug-likeness (QED) is 0.417. The number of nitrogens with one attached hydrogen (secondary N) is 2. The highest BCUT2D eigenvalue weighted by Crippen LogP contribution is 2.22. The van der Waals surface area contributed by atoms with E-state index in [4.69, 9.17) is 4.74 Å². The second-order valence-corrected chi connectivity index (χ2v) is 7.82. The molecule has 0 unspecified atom stereocenters. The largest absolute Gasteiger partial charge is 0.493 e. The van der Waals surface area contributed by atoms with Crippen molar-refractivity contribution in [1.82, 2.24) is 24.8 Å². The van der Waals surface area contributed by atoms with E-state index in [2.05, 4.69) is 30.2 Å². The van der Waals surface area contributed by atoms with E-state index in [1.165, 1.54) is 6.42 Å². The lowest BCUT2D eigenvalue weighted by atomic mass is 10.2. The fourth-order valence-electron chi connectivity index (χ4n) is 3.92. The van der Waals surface area contributed by atoms with Gasteiger partial charge in [0.2, 0.25) is 5.95 Å². The predicted molar refractivity (Wildman–Crippen MR) is 126 cm³/mol. The van der Waals surface area contributed by atoms with Crippen LogP contribution >= 0.6 is 0 Å². The average Bonchev–Trinajstić information content (AvgIpc) is 3.47. The lowest BCUT2D eigenvalue weighted by Gasteiger charge is -2.22. The van der Waals surface area contributed by atoms with Crippen LogP contribution in [0, 0.1) is 0 Å². The van der Waals surface area contributed by atoms with Crippen LogP contribution in [-0.4, -0.2) is 62.3 Å². The number of benzene rings is 1. The van der Waals surface area contributed by atoms with Gasteiger partial charge in [0.05, 0.1) is 30.8 Å². The van der Waals surface area contributed by atoms with Gasteiger partial charge in [-0.15, -0.1) is 0 Å². The maximum atomic E-state index is 9.43. The normalized spacial score (nSPS) is 16.6. The Morgan fingerprint density at radius 1 is 1.31 bits per heavy atom. The monoisotopic (exact) mass is 434 g/mol. The predicted octanol–water partition coefficient (Wildman–Crippen LogP) is 3.87. The summed E-state index contributed by atoms with van der Waals surface area (Å²) in [5.41, 5.74) is 2.46. The van der Waals surface area contributed by atoms with Gasteiger partial charge in [0, 0.05) is 30.5 Å². The van der Waals surface area contributed by atoms with E-state index < -0.39 is 0 Å². The number of rotatable bonds is 10. The van der Waals surface area contributed by atoms with Crippen LogP contribution in [0.15, 0.2) is 48.8 Å². The highest BCUT2D eigenvalue weighted by molar-refractivity contribution is 5.60. The van der Waals surface area contributed by atoms with E-state index in [1.807, 2.05) is 49.4 Å². The summed E-state index contributed by atoms with van der Waals surface area (Å²) in [6.45, 7) is 4.85. The molecule has 0 aliphatic carbocycles. The summed E-state index contributed by atoms with van der Waals surface area (Å²) in [6.07, 6.45) is 10.5. The maximum absolute atomic E-state index is 9.43. The first-order chi connectivity index (χ1) is 15.7. The molecule has 1 atom stereocenters. The number of hydrogen-bond acceptors (Lipinski definition) is 7. The molecular weight excluding hydrogens is 404 g/mol. The van der Waals surface area contributed by atoms with E-state index >= 15 is 0 Å². The zero-order chi connectivity index (χ0) is 22.2. The zero-order valence-corrected chi connectivity index (χ0v) is 18.4. The number of aliphatic hydroxyl groups excluding tert-OH is 1. The molecule has 1 aliphatic rings. The van der Waals surface area contributed by atoms with Crippen molar-refractivity contribution < 1.29 is 9.84 Å². The Kier molecular flexibility index (Phi) is 7.47. The SMILES string of the molecule is C/C=C/c1ncc(-c2ccnc(Nc3cccc(OCCCN4CCC[C@H]4CO)c3)n2)[nH]1. The highest BCUT2D eigenvalue weighted by Gasteiger charge is 2.22. The third kappa shape index (κ3) is 5.72. The van der Waals surface area contributed by atoms with Gasteiger partial charge in [0.15, 0.2) is 0 Å². The average molecular weight is 435 g/mol. The Morgan fingerprint density at radius 3 is 3.12 bits per heavy atom. The van der Waals surface area contributed by atoms with E-state index in [0.29, 0.717) is 18.6 Å². The van der Waals surface area contributed by atoms with Crippen molar-refractivity contribution >= 4 is 17.7 Å². The number of aromatic amines is 1. The number of aromatic nitrogens is 4. The van der Waals surface area contributed by atoms with Gasteiger partial charge in [-0.1, -0.05) is 12.1 Å². The fourth-order valence-corrected chi connectivity index (χ4v) is 3.92. The molecule has 0 radical (unpaired) electrons. The summed E-state index contributed by atoms with van der Waals surface area (Å²) in [5, 5.41) is 12.7. The van der Waals surface area contributed by atoms with Gasteiger partial charge < -0.3 is 20.1 Å². The number of nitrogens with zero attached hydrogens (tertiary/aromatic N) is 4. The molecule has 0 spiro atoms. The number of H-pyrrole nitrogens is 1. The van der Waals surface area contributed by atoms with Crippen LogP contribution in [0.5, 0.6) is 5.75 Å². The van der Waals surface area contributed by atoms with Crippen molar-refractivity contribution in [1.29, 1.82) is 0 Å². The summed E-state index contributed by atoms with van der Waals surface area (Å²) >= 11 is 0. The van der Waals surface area contributed by atoms with Gasteiger partial charge in [-0.2, -0.15) is 0 Å². The van der Waals surface area contributed by atoms with Crippen molar-refractivity contribution in [3.63, 3.8) is 0 Å². The van der Waals surface area contributed by atoms with E-state index in [-0.39, 0.29) is 6.61 Å². The second kappa shape index (κ2) is 10.9. The number of likely N-dealkylation sites (tertiary alicyclic amines) is 1. The van der Waals surface area contributed by atoms with Crippen molar-refractivity contribution in [2.75, 3.05) is 31.6 Å². The summed E-state index contributed by atoms with van der Waals surface area (Å²) < 4.78 is 5.94. The lowest BCUT2D eigenvalue weighted by molar-refractivity contribution is 0.150. The van der Waals surface area contributed by atoms with E-state index in [9.17, 15) is 5.11 Å². The van der Waals surface area contributed by atoms with Gasteiger partial charge in [-0.25, -0.2) is 15.0 Å². The van der Waals surface area contributed by atoms with Crippen LogP contribution in [-0.2, 0) is 0 Å². The molecular formula is C24H30N6O2. The standard InChI is InChI=1S/C24H30N6O2/c1-2-6-23-26-16-22(28-23)21-10-11-25-24(29-21)27-18-7-3-9-20(15-18)32-14-5-13-30-12-4-8-19(30)17-31/h2-3,6-7,9-11,15-16,19,31H,4-5,8,12-14,17H2,1H3,(H,26,28)(H,25,27,29)/b6-2+/t19-/m0/s1. The molecule has 2 aromatic heterocycles. The molecule has 168 valence electrons. The first-order valence-electron chi connectivity index (χ1n) is 11.1. The first-order valence-corrected chi connectivity index (χ1v) is 11.1. The van der Waals surface area contributed by atoms with Crippen molar-refractivity contribution in [2.45, 2.75) is 32.2 Å². The molecule has 0 amide bonds. The van der Waals surface area contributed by atoms with Gasteiger partial charge in [-0.3, -0.25) is 4.90 Å². The lowest BCUT2D eigenvalue weighted by Crippen LogP contribution is -2.33. The molecule has 0 saturated carbocycles. The van der Waals surface area contributed by atoms with Crippen molar-refractivity contribution in [3.05, 3.63) is 54.6 Å². The summed E-state index contributed by atoms with van der Waals surface area (Å²) in [5.74, 6) is 2.10. The minimum absolute atomic E-state index is 0.245. The zero-order valence-electron chi connectivity index (χ0n) is 18.4. The van der Waals surface area contributed by atoms with Gasteiger partial charge in [0.25, 0.3) is 0 Å². The maximum Gasteiger partial charge on any atom is 0.227 e. The van der Waals surface area contributed by atoms with Crippen molar-refractivity contribution in [3.8, 4) is 17.1 Å². The van der Waals surface area contributed by atoms with Crippen LogP contribution in [0.1, 0.15) is 32.0 Å². The number of hydrogen-bond donors (Lipinski definition) is 3. The molecule has 1 fully saturated rings. The first kappa shape index (κ1) is 22.0. The second-order valence-electron chi connectivity index (χ2n) is 7.82. The van der Waals surface area contributed by atoms with Crippen LogP contribution < -0.4 is 10.1 Å². The Balaban J connectivity index is 1.32. The van der Waals surface area contributed by atoms with Crippen LogP contribution in [0.4, 0.5) is 11.6 Å². The third-order valence-electron chi connectivity index (χ3n) is 5.51. The molecule has 3 heterocycles. The smallest absolute Gasteiger partial charge is 0.227 e. The molecule has 32 heavy (non-hydrogen) atoms. The summed E-state index contributed by atoms with van der Waals surface area (Å²) in [4.78, 5) is 18.8. The Bertz CT molecular complexity index is 1030. The Hall–Kier alpha value is -3.23. The van der Waals surface area contributed by atoms with Crippen molar-refractivity contribution in [2.24, 2.45) is 0 Å². The van der Waals surface area contributed by atoms with E-state index in [1.54, 1.807) is 12.4 Å². The molecule has 8 nitrogen and oxygen atoms in total. The summed E-state index contributed by atoms with van der Waals surface area (Å²) in [7, 11) is 0. The van der Waals surface area contributed by atoms with E-state index in [0.717, 1.165) is 54.6 Å². The third-order valence-corrected chi connectivity index (χ3v) is 5.51. The van der Waals surface area contributed by atoms with Gasteiger partial charge in [0.1, 0.15) is 11.6 Å². The fraction of sp³-hybridized carbons (Fsp3) is 0.375. The molecule has 0 bridgehead atoms. The molecule has 1 aromatic carbocycles. The number of ether oxygens (including phenoxy) is 1. The minimum atomic E-state index is 0.245. The van der Waals surface area contributed by atoms with Gasteiger partial charge in [-0.05, 0) is 57.0 Å².